The van der Waals surface area contributed by atoms with Gasteiger partial charge in [-0.2, -0.15) is 0 Å². The van der Waals surface area contributed by atoms with Crippen molar-refractivity contribution in [1.29, 1.82) is 0 Å². The van der Waals surface area contributed by atoms with Gasteiger partial charge in [-0.3, -0.25) is 9.78 Å². The van der Waals surface area contributed by atoms with Gasteiger partial charge in [0.1, 0.15) is 5.69 Å². The summed E-state index contributed by atoms with van der Waals surface area (Å²) in [5.74, 6) is -0.315. The number of aromatic nitrogens is 1. The molecule has 1 aromatic rings. The lowest BCUT2D eigenvalue weighted by Crippen LogP contribution is -1.96. The van der Waals surface area contributed by atoms with E-state index in [1.54, 1.807) is 12.1 Å². The average molecular weight is 228 g/mol. The minimum atomic E-state index is -0.315. The molecule has 1 rings (SSSR count). The van der Waals surface area contributed by atoms with E-state index in [1.165, 1.54) is 6.20 Å². The maximum absolute atomic E-state index is 11.0. The minimum Gasteiger partial charge on any atom is -0.515 e. The molecule has 0 unspecified atom stereocenters. The van der Waals surface area contributed by atoms with Crippen LogP contribution in [-0.2, 0) is 0 Å². The summed E-state index contributed by atoms with van der Waals surface area (Å²) < 4.78 is 0.812. The van der Waals surface area contributed by atoms with Crippen LogP contribution in [0.1, 0.15) is 10.5 Å². The van der Waals surface area contributed by atoms with Crippen molar-refractivity contribution in [1.82, 2.24) is 4.98 Å². The van der Waals surface area contributed by atoms with Crippen molar-refractivity contribution in [2.75, 3.05) is 0 Å². The molecule has 0 aliphatic heterocycles. The number of nitrogens with zero attached hydrogens (tertiary/aromatic N) is 1. The fraction of sp³-hybridized carbons (Fsp3) is 0. The quantitative estimate of drug-likeness (QED) is 0.479. The van der Waals surface area contributed by atoms with Crippen LogP contribution in [0.3, 0.4) is 0 Å². The maximum atomic E-state index is 11.0. The molecule has 0 atom stereocenters. The Bertz CT molecular complexity index is 305. The Balaban J connectivity index is 2.90. The van der Waals surface area contributed by atoms with E-state index in [4.69, 9.17) is 5.11 Å². The number of carbonyl (C=O) groups is 1. The zero-order chi connectivity index (χ0) is 8.97. The summed E-state index contributed by atoms with van der Waals surface area (Å²) >= 11 is 3.19. The number of rotatable bonds is 2. The van der Waals surface area contributed by atoms with E-state index in [-0.39, 0.29) is 5.78 Å². The van der Waals surface area contributed by atoms with E-state index in [0.717, 1.165) is 10.5 Å². The van der Waals surface area contributed by atoms with Crippen LogP contribution in [0.4, 0.5) is 0 Å². The second-order valence-electron chi connectivity index (χ2n) is 2.04. The van der Waals surface area contributed by atoms with Gasteiger partial charge in [0, 0.05) is 16.7 Å². The largest absolute Gasteiger partial charge is 0.515 e. The van der Waals surface area contributed by atoms with Crippen LogP contribution >= 0.6 is 15.9 Å². The summed E-state index contributed by atoms with van der Waals surface area (Å²) in [5.41, 5.74) is 0.309. The number of aliphatic hydroxyl groups is 1. The molecular weight excluding hydrogens is 222 g/mol. The molecule has 0 aromatic carbocycles. The molecular formula is C8H6BrNO2. The zero-order valence-electron chi connectivity index (χ0n) is 6.07. The lowest BCUT2D eigenvalue weighted by Gasteiger charge is -1.93. The lowest BCUT2D eigenvalue weighted by atomic mass is 10.2. The molecule has 0 aliphatic carbocycles. The van der Waals surface area contributed by atoms with Gasteiger partial charge >= 0.3 is 0 Å². The van der Waals surface area contributed by atoms with Gasteiger partial charge in [0.25, 0.3) is 0 Å². The standard InChI is InChI=1S/C8H6BrNO2/c9-6-1-2-7(10-5-6)8(12)3-4-11/h1-5,11H. The fourth-order valence-electron chi connectivity index (χ4n) is 0.675. The van der Waals surface area contributed by atoms with E-state index in [9.17, 15) is 4.79 Å². The Morgan fingerprint density at radius 3 is 2.83 bits per heavy atom. The Kier molecular flexibility index (Phi) is 2.99. The summed E-state index contributed by atoms with van der Waals surface area (Å²) in [6, 6.07) is 3.29. The molecule has 1 aromatic heterocycles. The minimum absolute atomic E-state index is 0.309. The van der Waals surface area contributed by atoms with Crippen LogP contribution in [0.5, 0.6) is 0 Å². The molecule has 0 fully saturated rings. The normalized spacial score (nSPS) is 10.4. The molecule has 1 heterocycles. The summed E-state index contributed by atoms with van der Waals surface area (Å²) in [6.45, 7) is 0. The highest BCUT2D eigenvalue weighted by Crippen LogP contribution is 2.07. The van der Waals surface area contributed by atoms with Crippen LogP contribution in [0, 0.1) is 0 Å². The molecule has 0 amide bonds. The first-order valence-corrected chi connectivity index (χ1v) is 4.00. The third-order valence-corrected chi connectivity index (χ3v) is 1.67. The van der Waals surface area contributed by atoms with Crippen molar-refractivity contribution < 1.29 is 9.90 Å². The van der Waals surface area contributed by atoms with Crippen molar-refractivity contribution in [2.45, 2.75) is 0 Å². The Hall–Kier alpha value is -1.16. The predicted molar refractivity (Wildman–Crippen MR) is 48.0 cm³/mol. The number of allylic oxidation sites excluding steroid dienone is 1. The van der Waals surface area contributed by atoms with E-state index >= 15 is 0 Å². The Labute approximate surface area is 77.9 Å². The fourth-order valence-corrected chi connectivity index (χ4v) is 0.909. The van der Waals surface area contributed by atoms with Crippen molar-refractivity contribution >= 4 is 21.7 Å². The smallest absolute Gasteiger partial charge is 0.207 e. The zero-order valence-corrected chi connectivity index (χ0v) is 7.65. The number of aliphatic hydroxyl groups excluding tert-OH is 1. The highest BCUT2D eigenvalue weighted by Gasteiger charge is 2.01. The molecule has 0 saturated carbocycles. The summed E-state index contributed by atoms with van der Waals surface area (Å²) in [5, 5.41) is 8.31. The van der Waals surface area contributed by atoms with Crippen LogP contribution in [0.25, 0.3) is 0 Å². The first-order chi connectivity index (χ1) is 5.74. The molecule has 4 heteroatoms. The lowest BCUT2D eigenvalue weighted by molar-refractivity contribution is 0.104. The van der Waals surface area contributed by atoms with Crippen LogP contribution in [0.2, 0.25) is 0 Å². The first kappa shape index (κ1) is 8.93. The van der Waals surface area contributed by atoms with Gasteiger partial charge in [-0.1, -0.05) is 0 Å². The summed E-state index contributed by atoms with van der Waals surface area (Å²) in [7, 11) is 0. The summed E-state index contributed by atoms with van der Waals surface area (Å²) in [4.78, 5) is 14.9. The molecule has 0 aliphatic rings. The average Bonchev–Trinajstić information content (AvgIpc) is 2.06. The van der Waals surface area contributed by atoms with Crippen LogP contribution in [-0.4, -0.2) is 15.9 Å². The van der Waals surface area contributed by atoms with Gasteiger partial charge in [0.2, 0.25) is 5.78 Å². The van der Waals surface area contributed by atoms with Gasteiger partial charge in [-0.25, -0.2) is 0 Å². The molecule has 3 nitrogen and oxygen atoms in total. The molecule has 12 heavy (non-hydrogen) atoms. The molecule has 1 N–H and O–H groups in total. The van der Waals surface area contributed by atoms with E-state index in [0.29, 0.717) is 12.0 Å². The topological polar surface area (TPSA) is 50.2 Å². The Morgan fingerprint density at radius 2 is 2.33 bits per heavy atom. The summed E-state index contributed by atoms with van der Waals surface area (Å²) in [6.07, 6.45) is 3.28. The molecule has 0 bridgehead atoms. The van der Waals surface area contributed by atoms with Crippen LogP contribution in [0.15, 0.2) is 35.1 Å². The second-order valence-corrected chi connectivity index (χ2v) is 2.96. The molecule has 0 saturated heterocycles. The van der Waals surface area contributed by atoms with Crippen molar-refractivity contribution in [3.63, 3.8) is 0 Å². The molecule has 0 radical (unpaired) electrons. The van der Waals surface area contributed by atoms with Gasteiger partial charge < -0.3 is 5.11 Å². The highest BCUT2D eigenvalue weighted by molar-refractivity contribution is 9.10. The van der Waals surface area contributed by atoms with Crippen molar-refractivity contribution in [3.05, 3.63) is 40.8 Å². The van der Waals surface area contributed by atoms with E-state index < -0.39 is 0 Å². The van der Waals surface area contributed by atoms with Crippen LogP contribution < -0.4 is 0 Å². The number of pyridine rings is 1. The number of ketones is 1. The number of hydrogen-bond donors (Lipinski definition) is 1. The number of hydrogen-bond acceptors (Lipinski definition) is 3. The first-order valence-electron chi connectivity index (χ1n) is 3.20. The number of carbonyl (C=O) groups excluding carboxylic acids is 1. The van der Waals surface area contributed by atoms with Gasteiger partial charge in [-0.15, -0.1) is 0 Å². The third kappa shape index (κ3) is 2.17. The molecule has 0 spiro atoms. The number of halogens is 1. The Morgan fingerprint density at radius 1 is 1.58 bits per heavy atom. The third-order valence-electron chi connectivity index (χ3n) is 1.21. The van der Waals surface area contributed by atoms with Gasteiger partial charge in [0.15, 0.2) is 0 Å². The van der Waals surface area contributed by atoms with Gasteiger partial charge in [-0.05, 0) is 28.1 Å². The second kappa shape index (κ2) is 4.01. The van der Waals surface area contributed by atoms with E-state index in [1.807, 2.05) is 0 Å². The van der Waals surface area contributed by atoms with Crippen molar-refractivity contribution in [2.24, 2.45) is 0 Å². The van der Waals surface area contributed by atoms with Gasteiger partial charge in [0.05, 0.1) is 6.26 Å². The monoisotopic (exact) mass is 227 g/mol. The van der Waals surface area contributed by atoms with Crippen molar-refractivity contribution in [3.8, 4) is 0 Å². The predicted octanol–water partition coefficient (Wildman–Crippen LogP) is 2.10. The van der Waals surface area contributed by atoms with E-state index in [2.05, 4.69) is 20.9 Å². The SMILES string of the molecule is O=C(C=CO)c1ccc(Br)cn1. The molecule has 62 valence electrons. The highest BCUT2D eigenvalue weighted by atomic mass is 79.9. The maximum Gasteiger partial charge on any atom is 0.207 e.